The number of hydrogen-bond acceptors (Lipinski definition) is 3. The SMILES string of the molecule is Nc1ccc(OCCCN2CCCC2C2CCCC2)cc1. The highest BCUT2D eigenvalue weighted by atomic mass is 16.5. The number of anilines is 1. The van der Waals surface area contributed by atoms with Crippen LogP contribution < -0.4 is 10.5 Å². The first-order chi connectivity index (χ1) is 10.3. The van der Waals surface area contributed by atoms with E-state index in [9.17, 15) is 0 Å². The van der Waals surface area contributed by atoms with E-state index in [-0.39, 0.29) is 0 Å². The van der Waals surface area contributed by atoms with Gasteiger partial charge in [0.1, 0.15) is 5.75 Å². The molecular weight excluding hydrogens is 260 g/mol. The summed E-state index contributed by atoms with van der Waals surface area (Å²) < 4.78 is 5.80. The number of nitrogens with two attached hydrogens (primary N) is 1. The van der Waals surface area contributed by atoms with Crippen LogP contribution in [0.15, 0.2) is 24.3 Å². The van der Waals surface area contributed by atoms with Crippen LogP contribution in [0.1, 0.15) is 44.9 Å². The summed E-state index contributed by atoms with van der Waals surface area (Å²) in [6, 6.07) is 8.56. The minimum absolute atomic E-state index is 0.791. The molecule has 116 valence electrons. The summed E-state index contributed by atoms with van der Waals surface area (Å²) in [6.07, 6.45) is 9.76. The number of ether oxygens (including phenoxy) is 1. The van der Waals surface area contributed by atoms with E-state index in [2.05, 4.69) is 4.90 Å². The van der Waals surface area contributed by atoms with Gasteiger partial charge < -0.3 is 10.5 Å². The van der Waals surface area contributed by atoms with Gasteiger partial charge in [-0.3, -0.25) is 4.90 Å². The van der Waals surface area contributed by atoms with Gasteiger partial charge in [-0.25, -0.2) is 0 Å². The van der Waals surface area contributed by atoms with E-state index in [0.29, 0.717) is 0 Å². The predicted molar refractivity (Wildman–Crippen MR) is 87.5 cm³/mol. The Bertz CT molecular complexity index is 425. The molecule has 1 saturated heterocycles. The average Bonchev–Trinajstić information content (AvgIpc) is 3.16. The Morgan fingerprint density at radius 3 is 2.57 bits per heavy atom. The summed E-state index contributed by atoms with van der Waals surface area (Å²) in [5.74, 6) is 1.91. The molecule has 2 aliphatic rings. The van der Waals surface area contributed by atoms with Gasteiger partial charge in [-0.1, -0.05) is 12.8 Å². The molecule has 3 rings (SSSR count). The Morgan fingerprint density at radius 1 is 1.05 bits per heavy atom. The molecular formula is C18H28N2O. The van der Waals surface area contributed by atoms with Crippen LogP contribution in [0, 0.1) is 5.92 Å². The largest absolute Gasteiger partial charge is 0.494 e. The van der Waals surface area contributed by atoms with Crippen molar-refractivity contribution in [2.45, 2.75) is 51.0 Å². The third-order valence-corrected chi connectivity index (χ3v) is 5.10. The standard InChI is InChI=1S/C18H28N2O/c19-16-8-10-17(11-9-16)21-14-4-13-20-12-3-7-18(20)15-5-1-2-6-15/h8-11,15,18H,1-7,12-14,19H2. The van der Waals surface area contributed by atoms with Crippen molar-refractivity contribution < 1.29 is 4.74 Å². The molecule has 21 heavy (non-hydrogen) atoms. The summed E-state index contributed by atoms with van der Waals surface area (Å²) >= 11 is 0. The second kappa shape index (κ2) is 7.17. The molecule has 1 aromatic rings. The van der Waals surface area contributed by atoms with Crippen molar-refractivity contribution in [3.63, 3.8) is 0 Å². The van der Waals surface area contributed by atoms with Crippen LogP contribution in [0.4, 0.5) is 5.69 Å². The summed E-state index contributed by atoms with van der Waals surface area (Å²) in [5, 5.41) is 0. The van der Waals surface area contributed by atoms with Crippen molar-refractivity contribution >= 4 is 5.69 Å². The fraction of sp³-hybridized carbons (Fsp3) is 0.667. The van der Waals surface area contributed by atoms with Gasteiger partial charge in [0.05, 0.1) is 6.61 Å². The van der Waals surface area contributed by atoms with Gasteiger partial charge in [0.2, 0.25) is 0 Å². The minimum atomic E-state index is 0.791. The van der Waals surface area contributed by atoms with E-state index in [0.717, 1.165) is 36.4 Å². The third-order valence-electron chi connectivity index (χ3n) is 5.10. The molecule has 0 aromatic heterocycles. The maximum Gasteiger partial charge on any atom is 0.119 e. The quantitative estimate of drug-likeness (QED) is 0.641. The number of hydrogen-bond donors (Lipinski definition) is 1. The lowest BCUT2D eigenvalue weighted by molar-refractivity contribution is 0.175. The maximum absolute atomic E-state index is 5.80. The molecule has 1 aliphatic carbocycles. The number of benzene rings is 1. The summed E-state index contributed by atoms with van der Waals surface area (Å²) in [4.78, 5) is 2.72. The predicted octanol–water partition coefficient (Wildman–Crippen LogP) is 3.69. The molecule has 0 amide bonds. The minimum Gasteiger partial charge on any atom is -0.494 e. The fourth-order valence-electron chi connectivity index (χ4n) is 4.03. The van der Waals surface area contributed by atoms with Gasteiger partial charge in [0.15, 0.2) is 0 Å². The molecule has 3 heteroatoms. The Kier molecular flexibility index (Phi) is 5.02. The second-order valence-corrected chi connectivity index (χ2v) is 6.56. The van der Waals surface area contributed by atoms with Crippen LogP contribution in [-0.4, -0.2) is 30.6 Å². The van der Waals surface area contributed by atoms with Crippen LogP contribution in [0.2, 0.25) is 0 Å². The van der Waals surface area contributed by atoms with Crippen LogP contribution in [-0.2, 0) is 0 Å². The van der Waals surface area contributed by atoms with Crippen molar-refractivity contribution in [1.29, 1.82) is 0 Å². The topological polar surface area (TPSA) is 38.5 Å². The molecule has 1 aliphatic heterocycles. The lowest BCUT2D eigenvalue weighted by Crippen LogP contribution is -2.35. The molecule has 1 saturated carbocycles. The van der Waals surface area contributed by atoms with Crippen molar-refractivity contribution in [1.82, 2.24) is 4.90 Å². The van der Waals surface area contributed by atoms with Crippen LogP contribution in [0.3, 0.4) is 0 Å². The van der Waals surface area contributed by atoms with E-state index in [1.165, 1.54) is 51.6 Å². The molecule has 0 radical (unpaired) electrons. The summed E-state index contributed by atoms with van der Waals surface area (Å²) in [5.41, 5.74) is 6.47. The normalized spacial score (nSPS) is 23.7. The number of likely N-dealkylation sites (tertiary alicyclic amines) is 1. The first kappa shape index (κ1) is 14.7. The molecule has 0 spiro atoms. The second-order valence-electron chi connectivity index (χ2n) is 6.56. The molecule has 1 heterocycles. The zero-order valence-electron chi connectivity index (χ0n) is 13.0. The molecule has 1 unspecified atom stereocenters. The zero-order chi connectivity index (χ0) is 14.5. The molecule has 3 nitrogen and oxygen atoms in total. The Labute approximate surface area is 128 Å². The van der Waals surface area contributed by atoms with Gasteiger partial charge >= 0.3 is 0 Å². The fourth-order valence-corrected chi connectivity index (χ4v) is 4.03. The zero-order valence-corrected chi connectivity index (χ0v) is 13.0. The lowest BCUT2D eigenvalue weighted by atomic mass is 9.96. The van der Waals surface area contributed by atoms with Crippen LogP contribution in [0.5, 0.6) is 5.75 Å². The molecule has 2 N–H and O–H groups in total. The van der Waals surface area contributed by atoms with E-state index < -0.39 is 0 Å². The highest BCUT2D eigenvalue weighted by Crippen LogP contribution is 2.35. The third kappa shape index (κ3) is 3.91. The first-order valence-electron chi connectivity index (χ1n) is 8.55. The van der Waals surface area contributed by atoms with Gasteiger partial charge in [0, 0.05) is 18.3 Å². The Hall–Kier alpha value is -1.22. The van der Waals surface area contributed by atoms with Gasteiger partial charge in [-0.15, -0.1) is 0 Å². The van der Waals surface area contributed by atoms with Crippen LogP contribution in [0.25, 0.3) is 0 Å². The van der Waals surface area contributed by atoms with Crippen molar-refractivity contribution in [3.05, 3.63) is 24.3 Å². The highest BCUT2D eigenvalue weighted by Gasteiger charge is 2.32. The van der Waals surface area contributed by atoms with Crippen molar-refractivity contribution in [2.24, 2.45) is 5.92 Å². The number of nitrogens with zero attached hydrogens (tertiary/aromatic N) is 1. The van der Waals surface area contributed by atoms with E-state index in [1.807, 2.05) is 24.3 Å². The summed E-state index contributed by atoms with van der Waals surface area (Å²) in [7, 11) is 0. The summed E-state index contributed by atoms with van der Waals surface area (Å²) in [6.45, 7) is 3.29. The van der Waals surface area contributed by atoms with Crippen molar-refractivity contribution in [2.75, 3.05) is 25.4 Å². The van der Waals surface area contributed by atoms with E-state index >= 15 is 0 Å². The monoisotopic (exact) mass is 288 g/mol. The van der Waals surface area contributed by atoms with Gasteiger partial charge in [-0.2, -0.15) is 0 Å². The average molecular weight is 288 g/mol. The van der Waals surface area contributed by atoms with Crippen molar-refractivity contribution in [3.8, 4) is 5.75 Å². The van der Waals surface area contributed by atoms with Crippen LogP contribution >= 0.6 is 0 Å². The Morgan fingerprint density at radius 2 is 1.81 bits per heavy atom. The van der Waals surface area contributed by atoms with Gasteiger partial charge in [0.25, 0.3) is 0 Å². The van der Waals surface area contributed by atoms with E-state index in [1.54, 1.807) is 0 Å². The molecule has 0 bridgehead atoms. The number of rotatable bonds is 6. The Balaban J connectivity index is 1.39. The van der Waals surface area contributed by atoms with E-state index in [4.69, 9.17) is 10.5 Å². The molecule has 1 atom stereocenters. The smallest absolute Gasteiger partial charge is 0.119 e. The maximum atomic E-state index is 5.80. The number of nitrogen functional groups attached to an aromatic ring is 1. The van der Waals surface area contributed by atoms with Gasteiger partial charge in [-0.05, 0) is 68.8 Å². The lowest BCUT2D eigenvalue weighted by Gasteiger charge is -2.29. The molecule has 1 aromatic carbocycles. The highest BCUT2D eigenvalue weighted by molar-refractivity contribution is 5.41. The first-order valence-corrected chi connectivity index (χ1v) is 8.55. The molecule has 2 fully saturated rings.